The Morgan fingerprint density at radius 3 is 2.65 bits per heavy atom. The predicted octanol–water partition coefficient (Wildman–Crippen LogP) is 7.36. The molecule has 1 aliphatic rings. The van der Waals surface area contributed by atoms with E-state index in [1.807, 2.05) is 6.20 Å². The monoisotopic (exact) mass is 571 g/mol. The van der Waals surface area contributed by atoms with Crippen molar-refractivity contribution in [3.05, 3.63) is 106 Å². The first kappa shape index (κ1) is 25.8. The highest BCUT2D eigenvalue weighted by Crippen LogP contribution is 2.42. The molecule has 2 unspecified atom stereocenters. The number of nitrogens with one attached hydrogen (secondary N) is 1. The second-order valence-electron chi connectivity index (χ2n) is 9.92. The van der Waals surface area contributed by atoms with Crippen LogP contribution in [0.25, 0.3) is 11.3 Å². The smallest absolute Gasteiger partial charge is 0.227 e. The SMILES string of the molecule is C=[P+](C)CCN(C)CCc1ccc(Nc2ncc3c(n2)-c2ccccc2C(c2cccc(Br)c2)C3)cc1. The zero-order valence-corrected chi connectivity index (χ0v) is 24.0. The van der Waals surface area contributed by atoms with Crippen molar-refractivity contribution in [1.29, 1.82) is 0 Å². The Morgan fingerprint density at radius 1 is 1.05 bits per heavy atom. The number of fused-ring (bicyclic) bond motifs is 3. The highest BCUT2D eigenvalue weighted by atomic mass is 79.9. The van der Waals surface area contributed by atoms with Crippen LogP contribution in [0.1, 0.15) is 28.2 Å². The molecule has 1 aromatic heterocycles. The summed E-state index contributed by atoms with van der Waals surface area (Å²) in [6.07, 6.45) is 9.27. The molecule has 37 heavy (non-hydrogen) atoms. The highest BCUT2D eigenvalue weighted by molar-refractivity contribution is 9.10. The van der Waals surface area contributed by atoms with Crippen LogP contribution in [-0.2, 0) is 12.8 Å². The summed E-state index contributed by atoms with van der Waals surface area (Å²) < 4.78 is 1.10. The molecule has 4 aromatic rings. The third kappa shape index (κ3) is 6.35. The van der Waals surface area contributed by atoms with Gasteiger partial charge < -0.3 is 10.2 Å². The van der Waals surface area contributed by atoms with Crippen molar-refractivity contribution in [2.24, 2.45) is 0 Å². The van der Waals surface area contributed by atoms with Crippen LogP contribution in [0.3, 0.4) is 0 Å². The highest BCUT2D eigenvalue weighted by Gasteiger charge is 2.27. The molecule has 1 aliphatic carbocycles. The molecule has 2 atom stereocenters. The van der Waals surface area contributed by atoms with Crippen LogP contribution in [0.15, 0.2) is 83.5 Å². The van der Waals surface area contributed by atoms with Gasteiger partial charge in [-0.1, -0.05) is 64.5 Å². The lowest BCUT2D eigenvalue weighted by atomic mass is 9.78. The predicted molar refractivity (Wildman–Crippen MR) is 163 cm³/mol. The van der Waals surface area contributed by atoms with Gasteiger partial charge in [0, 0.05) is 40.9 Å². The van der Waals surface area contributed by atoms with Gasteiger partial charge in [-0.05, 0) is 66.4 Å². The lowest BCUT2D eigenvalue weighted by molar-refractivity contribution is 0.360. The van der Waals surface area contributed by atoms with Crippen molar-refractivity contribution in [2.45, 2.75) is 18.8 Å². The van der Waals surface area contributed by atoms with Crippen molar-refractivity contribution >= 4 is 41.4 Å². The second kappa shape index (κ2) is 11.7. The number of benzene rings is 3. The summed E-state index contributed by atoms with van der Waals surface area (Å²) in [5.41, 5.74) is 8.36. The number of nitrogens with zero attached hydrogens (tertiary/aromatic N) is 3. The van der Waals surface area contributed by atoms with Crippen LogP contribution in [0, 0.1) is 0 Å². The van der Waals surface area contributed by atoms with Crippen LogP contribution in [-0.4, -0.2) is 54.1 Å². The Hall–Kier alpha value is -2.85. The summed E-state index contributed by atoms with van der Waals surface area (Å²) in [4.78, 5) is 12.1. The van der Waals surface area contributed by atoms with E-state index in [2.05, 4.69) is 124 Å². The summed E-state index contributed by atoms with van der Waals surface area (Å²) in [7, 11) is 2.12. The first-order valence-corrected chi connectivity index (χ1v) is 15.7. The average Bonchev–Trinajstić information content (AvgIpc) is 2.91. The van der Waals surface area contributed by atoms with Crippen LogP contribution < -0.4 is 5.32 Å². The van der Waals surface area contributed by atoms with E-state index in [-0.39, 0.29) is 7.55 Å². The van der Waals surface area contributed by atoms with Gasteiger partial charge in [-0.15, -0.1) is 0 Å². The van der Waals surface area contributed by atoms with Crippen molar-refractivity contribution in [2.75, 3.05) is 38.3 Å². The molecule has 0 bridgehead atoms. The number of hydrogen-bond donors (Lipinski definition) is 1. The Labute approximate surface area is 229 Å². The molecule has 1 N–H and O–H groups in total. The maximum Gasteiger partial charge on any atom is 0.227 e. The average molecular weight is 573 g/mol. The summed E-state index contributed by atoms with van der Waals surface area (Å²) in [6, 6.07) is 25.9. The number of rotatable bonds is 9. The molecular formula is C31H33BrN4P+. The minimum Gasteiger partial charge on any atom is -0.324 e. The molecule has 0 aliphatic heterocycles. The minimum atomic E-state index is -0.0724. The van der Waals surface area contributed by atoms with Gasteiger partial charge in [-0.25, -0.2) is 9.97 Å². The van der Waals surface area contributed by atoms with Crippen molar-refractivity contribution in [3.8, 4) is 11.3 Å². The second-order valence-corrected chi connectivity index (χ2v) is 13.0. The van der Waals surface area contributed by atoms with Crippen LogP contribution in [0.5, 0.6) is 0 Å². The summed E-state index contributed by atoms with van der Waals surface area (Å²) in [5, 5.41) is 3.42. The zero-order chi connectivity index (χ0) is 25.8. The van der Waals surface area contributed by atoms with Gasteiger partial charge in [0.25, 0.3) is 0 Å². The van der Waals surface area contributed by atoms with Gasteiger partial charge in [-0.2, -0.15) is 0 Å². The van der Waals surface area contributed by atoms with Gasteiger partial charge in [0.15, 0.2) is 0 Å². The number of aromatic nitrogens is 2. The molecule has 1 heterocycles. The standard InChI is InChI=1S/C31H33BrN4P/c1-36(17-18-37(2)3)16-15-22-11-13-26(14-12-22)34-31-33-21-24-20-29(23-7-6-8-25(32)19-23)27-9-4-5-10-28(27)30(24)35-31/h4-14,19,21,29H,2,15-18,20H2,1,3H3,(H,33,34,35)/q+1. The quantitative estimate of drug-likeness (QED) is 0.213. The lowest BCUT2D eigenvalue weighted by Crippen LogP contribution is -2.23. The molecule has 0 saturated carbocycles. The third-order valence-electron chi connectivity index (χ3n) is 6.99. The number of halogens is 1. The molecule has 3 aromatic carbocycles. The Balaban J connectivity index is 1.30. The molecule has 6 heteroatoms. The lowest BCUT2D eigenvalue weighted by Gasteiger charge is -2.27. The Kier molecular flexibility index (Phi) is 8.14. The molecule has 0 spiro atoms. The summed E-state index contributed by atoms with van der Waals surface area (Å²) in [6.45, 7) is 4.42. The van der Waals surface area contributed by atoms with E-state index >= 15 is 0 Å². The first-order valence-electron chi connectivity index (χ1n) is 12.7. The fourth-order valence-electron chi connectivity index (χ4n) is 4.87. The van der Waals surface area contributed by atoms with Crippen LogP contribution >= 0.6 is 23.5 Å². The normalized spacial score (nSPS) is 14.7. The van der Waals surface area contributed by atoms with Gasteiger partial charge in [-0.3, -0.25) is 0 Å². The van der Waals surface area contributed by atoms with E-state index in [9.17, 15) is 0 Å². The topological polar surface area (TPSA) is 41.0 Å². The molecule has 4 nitrogen and oxygen atoms in total. The van der Waals surface area contributed by atoms with Crippen LogP contribution in [0.4, 0.5) is 11.6 Å². The molecule has 0 radical (unpaired) electrons. The van der Waals surface area contributed by atoms with E-state index in [4.69, 9.17) is 4.98 Å². The number of hydrogen-bond acceptors (Lipinski definition) is 4. The fourth-order valence-corrected chi connectivity index (χ4v) is 5.97. The molecule has 0 fully saturated rings. The Morgan fingerprint density at radius 2 is 1.86 bits per heavy atom. The number of likely N-dealkylation sites (N-methyl/N-ethyl adjacent to an activating group) is 1. The molecular weight excluding hydrogens is 539 g/mol. The van der Waals surface area contributed by atoms with Crippen molar-refractivity contribution in [1.82, 2.24) is 14.9 Å². The zero-order valence-electron chi connectivity index (χ0n) is 21.5. The first-order chi connectivity index (χ1) is 18.0. The van der Waals surface area contributed by atoms with Crippen molar-refractivity contribution in [3.63, 3.8) is 0 Å². The van der Waals surface area contributed by atoms with E-state index in [1.165, 1.54) is 34.0 Å². The molecule has 0 saturated heterocycles. The summed E-state index contributed by atoms with van der Waals surface area (Å²) in [5.74, 6) is 0.921. The number of anilines is 2. The van der Waals surface area contributed by atoms with Crippen molar-refractivity contribution < 1.29 is 0 Å². The maximum absolute atomic E-state index is 4.97. The van der Waals surface area contributed by atoms with Gasteiger partial charge in [0.05, 0.1) is 26.2 Å². The Bertz CT molecular complexity index is 1400. The minimum absolute atomic E-state index is 0.0724. The molecule has 188 valence electrons. The van der Waals surface area contributed by atoms with E-state index in [0.29, 0.717) is 11.9 Å². The van der Waals surface area contributed by atoms with E-state index in [0.717, 1.165) is 41.8 Å². The van der Waals surface area contributed by atoms with Gasteiger partial charge in [0.2, 0.25) is 5.95 Å². The van der Waals surface area contributed by atoms with Gasteiger partial charge in [0.1, 0.15) is 6.16 Å². The van der Waals surface area contributed by atoms with E-state index < -0.39 is 0 Å². The molecule has 0 amide bonds. The van der Waals surface area contributed by atoms with Gasteiger partial charge >= 0.3 is 0 Å². The summed E-state index contributed by atoms with van der Waals surface area (Å²) >= 11 is 3.64. The van der Waals surface area contributed by atoms with Crippen LogP contribution in [0.2, 0.25) is 0 Å². The third-order valence-corrected chi connectivity index (χ3v) is 8.44. The maximum atomic E-state index is 4.97. The largest absolute Gasteiger partial charge is 0.324 e. The van der Waals surface area contributed by atoms with E-state index in [1.54, 1.807) is 0 Å². The molecule has 5 rings (SSSR count). The fraction of sp³-hybridized carbons (Fsp3) is 0.258.